The van der Waals surface area contributed by atoms with Gasteiger partial charge in [0.15, 0.2) is 11.7 Å². The van der Waals surface area contributed by atoms with Crippen LogP contribution in [0.1, 0.15) is 41.5 Å². The van der Waals surface area contributed by atoms with Crippen LogP contribution in [0, 0.1) is 10.1 Å². The Labute approximate surface area is 245 Å². The van der Waals surface area contributed by atoms with Crippen molar-refractivity contribution < 1.29 is 32.4 Å². The van der Waals surface area contributed by atoms with E-state index in [0.717, 1.165) is 15.2 Å². The zero-order valence-corrected chi connectivity index (χ0v) is 23.5. The molecule has 0 fully saturated rings. The molecule has 14 heteroatoms. The van der Waals surface area contributed by atoms with Crippen LogP contribution in [0.25, 0.3) is 0 Å². The van der Waals surface area contributed by atoms with Gasteiger partial charge >= 0.3 is 6.18 Å². The number of anilines is 2. The van der Waals surface area contributed by atoms with Gasteiger partial charge in [-0.1, -0.05) is 28.1 Å². The van der Waals surface area contributed by atoms with Gasteiger partial charge in [0.25, 0.3) is 11.6 Å². The van der Waals surface area contributed by atoms with Crippen LogP contribution >= 0.6 is 15.9 Å². The Morgan fingerprint density at radius 3 is 2.43 bits per heavy atom. The summed E-state index contributed by atoms with van der Waals surface area (Å²) < 4.78 is 54.8. The van der Waals surface area contributed by atoms with E-state index in [4.69, 9.17) is 9.47 Å². The molecule has 0 unspecified atom stereocenters. The van der Waals surface area contributed by atoms with Crippen molar-refractivity contribution in [1.82, 2.24) is 9.78 Å². The lowest BCUT2D eigenvalue weighted by molar-refractivity contribution is -0.384. The summed E-state index contributed by atoms with van der Waals surface area (Å²) in [7, 11) is 0. The Morgan fingerprint density at radius 2 is 1.79 bits per heavy atom. The molecule has 3 aromatic carbocycles. The Hall–Kier alpha value is -4.59. The first kappa shape index (κ1) is 28.9. The second-order valence-corrected chi connectivity index (χ2v) is 10.2. The van der Waals surface area contributed by atoms with E-state index < -0.39 is 29.1 Å². The average molecular weight is 646 g/mol. The maximum Gasteiger partial charge on any atom is 0.410 e. The molecule has 42 heavy (non-hydrogen) atoms. The largest absolute Gasteiger partial charge is 0.494 e. The highest BCUT2D eigenvalue weighted by atomic mass is 79.9. The third-order valence-corrected chi connectivity index (χ3v) is 6.95. The number of carbonyl (C=O) groups is 1. The number of benzene rings is 3. The van der Waals surface area contributed by atoms with Gasteiger partial charge in [0.1, 0.15) is 23.1 Å². The van der Waals surface area contributed by atoms with E-state index in [1.54, 1.807) is 48.5 Å². The van der Waals surface area contributed by atoms with E-state index in [2.05, 4.69) is 31.7 Å². The minimum Gasteiger partial charge on any atom is -0.494 e. The molecular weight excluding hydrogens is 623 g/mol. The minimum atomic E-state index is -4.63. The minimum absolute atomic E-state index is 0.00539. The predicted molar refractivity (Wildman–Crippen MR) is 151 cm³/mol. The van der Waals surface area contributed by atoms with Crippen molar-refractivity contribution in [2.75, 3.05) is 17.2 Å². The van der Waals surface area contributed by atoms with Gasteiger partial charge in [-0.3, -0.25) is 14.9 Å². The van der Waals surface area contributed by atoms with Gasteiger partial charge in [0.05, 0.1) is 29.3 Å². The topological polar surface area (TPSA) is 121 Å². The first-order valence-electron chi connectivity index (χ1n) is 12.7. The molecule has 1 amide bonds. The van der Waals surface area contributed by atoms with E-state index in [1.165, 1.54) is 18.2 Å². The van der Waals surface area contributed by atoms with Gasteiger partial charge in [-0.15, -0.1) is 0 Å². The van der Waals surface area contributed by atoms with Crippen LogP contribution in [0.2, 0.25) is 0 Å². The molecule has 4 aromatic rings. The molecule has 5 rings (SSSR count). The fourth-order valence-electron chi connectivity index (χ4n) is 4.52. The van der Waals surface area contributed by atoms with Crippen LogP contribution in [0.5, 0.6) is 17.2 Å². The molecular formula is C28H23BrF3N5O5. The van der Waals surface area contributed by atoms with Crippen LogP contribution in [0.3, 0.4) is 0 Å². The quantitative estimate of drug-likeness (QED) is 0.149. The second-order valence-electron chi connectivity index (χ2n) is 9.33. The summed E-state index contributed by atoms with van der Waals surface area (Å²) in [5, 5.41) is 21.0. The van der Waals surface area contributed by atoms with E-state index in [9.17, 15) is 28.1 Å². The van der Waals surface area contributed by atoms with Crippen LogP contribution in [-0.2, 0) is 0 Å². The average Bonchev–Trinajstić information content (AvgIpc) is 3.38. The predicted octanol–water partition coefficient (Wildman–Crippen LogP) is 7.66. The van der Waals surface area contributed by atoms with Gasteiger partial charge in [-0.25, -0.2) is 4.68 Å². The molecule has 10 nitrogen and oxygen atoms in total. The van der Waals surface area contributed by atoms with E-state index in [1.807, 2.05) is 6.92 Å². The lowest BCUT2D eigenvalue weighted by Gasteiger charge is -2.33. The highest BCUT2D eigenvalue weighted by molar-refractivity contribution is 9.10. The van der Waals surface area contributed by atoms with E-state index >= 15 is 0 Å². The fourth-order valence-corrected chi connectivity index (χ4v) is 4.78. The molecule has 0 radical (unpaired) electrons. The Morgan fingerprint density at radius 1 is 1.10 bits per heavy atom. The number of amides is 1. The third-order valence-electron chi connectivity index (χ3n) is 6.43. The Kier molecular flexibility index (Phi) is 8.07. The molecule has 0 bridgehead atoms. The van der Waals surface area contributed by atoms with Gasteiger partial charge in [-0.05, 0) is 48.9 Å². The van der Waals surface area contributed by atoms with Crippen LogP contribution in [0.15, 0.2) is 77.3 Å². The van der Waals surface area contributed by atoms with Gasteiger partial charge < -0.3 is 20.1 Å². The zero-order valence-electron chi connectivity index (χ0n) is 21.9. The number of ether oxygens (including phenoxy) is 2. The highest BCUT2D eigenvalue weighted by Gasteiger charge is 2.46. The zero-order chi connectivity index (χ0) is 30.0. The SMILES string of the molecule is CCOc1ccc(Oc2cc(NC(=O)c3cc4n(n3)[C@@H](C(F)(F)F)C[C@H](c3ccc(Br)cc3)N4)cc([N+](=O)[O-])c2)cc1. The van der Waals surface area contributed by atoms with Crippen LogP contribution in [0.4, 0.5) is 30.4 Å². The number of aromatic nitrogens is 2. The van der Waals surface area contributed by atoms with Gasteiger partial charge in [0.2, 0.25) is 0 Å². The molecule has 218 valence electrons. The summed E-state index contributed by atoms with van der Waals surface area (Å²) in [5.74, 6) is 0.198. The number of non-ortho nitro benzene ring substituents is 1. The number of carbonyl (C=O) groups excluding carboxylic acids is 1. The first-order chi connectivity index (χ1) is 20.0. The van der Waals surface area contributed by atoms with Crippen molar-refractivity contribution in [2.45, 2.75) is 31.6 Å². The number of halogens is 4. The Bertz CT molecular complexity index is 1610. The van der Waals surface area contributed by atoms with E-state index in [-0.39, 0.29) is 35.1 Å². The van der Waals surface area contributed by atoms with Crippen LogP contribution in [-0.4, -0.2) is 33.4 Å². The summed E-state index contributed by atoms with van der Waals surface area (Å²) in [6.45, 7) is 2.32. The Balaban J connectivity index is 1.39. The molecule has 1 aromatic heterocycles. The summed E-state index contributed by atoms with van der Waals surface area (Å²) in [6.07, 6.45) is -4.96. The van der Waals surface area contributed by atoms with Crippen molar-refractivity contribution in [3.8, 4) is 17.2 Å². The lowest BCUT2D eigenvalue weighted by atomic mass is 9.97. The molecule has 0 spiro atoms. The fraction of sp³-hybridized carbons (Fsp3) is 0.214. The smallest absolute Gasteiger partial charge is 0.410 e. The summed E-state index contributed by atoms with van der Waals surface area (Å²) in [4.78, 5) is 24.0. The monoisotopic (exact) mass is 645 g/mol. The standard InChI is InChI=1S/C28H23BrF3N5O5/c1-2-41-20-7-9-21(10-8-20)42-22-12-18(11-19(13-22)37(39)40)33-27(38)24-15-26-34-23(16-3-5-17(29)6-4-16)14-25(28(30,31)32)36(26)35-24/h3-13,15,23,25,34H,2,14H2,1H3,(H,33,38)/t23-,25-/m1/s1. The molecule has 1 aliphatic rings. The first-order valence-corrected chi connectivity index (χ1v) is 13.5. The number of rotatable bonds is 8. The highest BCUT2D eigenvalue weighted by Crippen LogP contribution is 2.44. The van der Waals surface area contributed by atoms with Crippen molar-refractivity contribution >= 4 is 39.0 Å². The van der Waals surface area contributed by atoms with Crippen molar-refractivity contribution in [3.05, 3.63) is 98.6 Å². The van der Waals surface area contributed by atoms with Crippen LogP contribution < -0.4 is 20.1 Å². The number of hydrogen-bond donors (Lipinski definition) is 2. The molecule has 2 N–H and O–H groups in total. The number of nitrogens with zero attached hydrogens (tertiary/aromatic N) is 3. The van der Waals surface area contributed by atoms with Gasteiger partial charge in [-0.2, -0.15) is 18.3 Å². The van der Waals surface area contributed by atoms with Gasteiger partial charge in [0, 0.05) is 29.1 Å². The summed E-state index contributed by atoms with van der Waals surface area (Å²) in [6, 6.07) is 15.7. The number of nitro benzene ring substituents is 1. The van der Waals surface area contributed by atoms with Crippen molar-refractivity contribution in [2.24, 2.45) is 0 Å². The second kappa shape index (κ2) is 11.7. The maximum atomic E-state index is 14.1. The summed E-state index contributed by atoms with van der Waals surface area (Å²) in [5.41, 5.74) is -0.0329. The molecule has 2 atom stereocenters. The maximum absolute atomic E-state index is 14.1. The molecule has 2 heterocycles. The number of hydrogen-bond acceptors (Lipinski definition) is 7. The molecule has 0 aliphatic carbocycles. The number of fused-ring (bicyclic) bond motifs is 1. The van der Waals surface area contributed by atoms with Crippen molar-refractivity contribution in [3.63, 3.8) is 0 Å². The van der Waals surface area contributed by atoms with E-state index in [0.29, 0.717) is 23.7 Å². The number of alkyl halides is 3. The number of nitro groups is 1. The third kappa shape index (κ3) is 6.48. The lowest BCUT2D eigenvalue weighted by Crippen LogP contribution is -2.35. The molecule has 1 aliphatic heterocycles. The summed E-state index contributed by atoms with van der Waals surface area (Å²) >= 11 is 3.32. The normalized spacial score (nSPS) is 16.2. The molecule has 0 saturated carbocycles. The molecule has 0 saturated heterocycles. The number of nitrogens with one attached hydrogen (secondary N) is 2. The van der Waals surface area contributed by atoms with Crippen molar-refractivity contribution in [1.29, 1.82) is 0 Å².